The van der Waals surface area contributed by atoms with Crippen molar-refractivity contribution >= 4 is 40.7 Å². The van der Waals surface area contributed by atoms with Gasteiger partial charge in [0.05, 0.1) is 15.5 Å². The van der Waals surface area contributed by atoms with Crippen LogP contribution in [0.4, 0.5) is 5.69 Å². The summed E-state index contributed by atoms with van der Waals surface area (Å²) in [5.74, 6) is -0.438. The van der Waals surface area contributed by atoms with Crippen LogP contribution >= 0.6 is 22.9 Å². The molecular weight excluding hydrogens is 314 g/mol. The van der Waals surface area contributed by atoms with E-state index in [1.54, 1.807) is 19.1 Å². The zero-order chi connectivity index (χ0) is 15.4. The molecule has 0 spiro atoms. The van der Waals surface area contributed by atoms with E-state index in [4.69, 9.17) is 11.6 Å². The van der Waals surface area contributed by atoms with Crippen molar-refractivity contribution in [1.29, 1.82) is 0 Å². The topological polar surface area (TPSA) is 84.6 Å². The molecule has 6 nitrogen and oxygen atoms in total. The van der Waals surface area contributed by atoms with E-state index in [0.717, 1.165) is 4.88 Å². The van der Waals surface area contributed by atoms with Gasteiger partial charge in [-0.1, -0.05) is 11.6 Å². The maximum absolute atomic E-state index is 11.9. The Bertz CT molecular complexity index is 727. The smallest absolute Gasteiger partial charge is 0.267 e. The number of rotatable bonds is 4. The van der Waals surface area contributed by atoms with E-state index in [1.807, 2.05) is 0 Å². The minimum Gasteiger partial charge on any atom is -0.267 e. The van der Waals surface area contributed by atoms with Crippen molar-refractivity contribution in [3.63, 3.8) is 0 Å². The van der Waals surface area contributed by atoms with Gasteiger partial charge in [0.15, 0.2) is 0 Å². The summed E-state index contributed by atoms with van der Waals surface area (Å²) in [5.41, 5.74) is 3.06. The van der Waals surface area contributed by atoms with Gasteiger partial charge in [-0.3, -0.25) is 14.9 Å². The molecule has 8 heteroatoms. The summed E-state index contributed by atoms with van der Waals surface area (Å²) in [5, 5.41) is 14.5. The zero-order valence-corrected chi connectivity index (χ0v) is 12.4. The van der Waals surface area contributed by atoms with Crippen molar-refractivity contribution < 1.29 is 9.72 Å². The second-order valence-corrected chi connectivity index (χ2v) is 5.85. The fraction of sp³-hybridized carbons (Fsp3) is 0.0769. The first-order valence-electron chi connectivity index (χ1n) is 5.81. The molecule has 1 heterocycles. The van der Waals surface area contributed by atoms with E-state index < -0.39 is 10.8 Å². The average Bonchev–Trinajstić information content (AvgIpc) is 2.83. The maximum Gasteiger partial charge on any atom is 0.272 e. The molecule has 1 amide bonds. The van der Waals surface area contributed by atoms with E-state index in [9.17, 15) is 14.9 Å². The minimum absolute atomic E-state index is 0.0247. The van der Waals surface area contributed by atoms with Gasteiger partial charge in [-0.25, -0.2) is 5.43 Å². The molecule has 2 rings (SSSR count). The lowest BCUT2D eigenvalue weighted by Crippen LogP contribution is -2.17. The van der Waals surface area contributed by atoms with Gasteiger partial charge >= 0.3 is 0 Å². The molecular formula is C13H10ClN3O3S. The Labute approximate surface area is 129 Å². The molecule has 0 saturated carbocycles. The summed E-state index contributed by atoms with van der Waals surface area (Å²) < 4.78 is 0.633. The molecule has 0 aliphatic rings. The summed E-state index contributed by atoms with van der Waals surface area (Å²) in [6, 6.07) is 7.64. The van der Waals surface area contributed by atoms with E-state index >= 15 is 0 Å². The SMILES string of the molecule is Cc1cc(C(=O)N/N=C/c2ccc(Cl)s2)ccc1[N+](=O)[O-]. The molecule has 21 heavy (non-hydrogen) atoms. The van der Waals surface area contributed by atoms with Crippen LogP contribution in [0.2, 0.25) is 4.34 Å². The Morgan fingerprint density at radius 1 is 1.43 bits per heavy atom. The molecule has 0 bridgehead atoms. The molecule has 1 aromatic heterocycles. The van der Waals surface area contributed by atoms with Gasteiger partial charge in [-0.05, 0) is 31.2 Å². The number of hydrogen-bond donors (Lipinski definition) is 1. The Kier molecular flexibility index (Phi) is 4.66. The largest absolute Gasteiger partial charge is 0.272 e. The van der Waals surface area contributed by atoms with Crippen LogP contribution < -0.4 is 5.43 Å². The summed E-state index contributed by atoms with van der Waals surface area (Å²) in [4.78, 5) is 22.9. The summed E-state index contributed by atoms with van der Waals surface area (Å²) in [6.45, 7) is 1.58. The number of hydrazone groups is 1. The van der Waals surface area contributed by atoms with Crippen molar-refractivity contribution in [2.45, 2.75) is 6.92 Å². The highest BCUT2D eigenvalue weighted by Crippen LogP contribution is 2.20. The van der Waals surface area contributed by atoms with Crippen molar-refractivity contribution in [3.05, 3.63) is 60.8 Å². The predicted octanol–water partition coefficient (Wildman–Crippen LogP) is 3.38. The van der Waals surface area contributed by atoms with Gasteiger partial charge in [0.25, 0.3) is 11.6 Å². The Morgan fingerprint density at radius 3 is 2.76 bits per heavy atom. The molecule has 0 atom stereocenters. The van der Waals surface area contributed by atoms with Crippen molar-refractivity contribution in [1.82, 2.24) is 5.43 Å². The van der Waals surface area contributed by atoms with Gasteiger partial charge in [0.1, 0.15) is 0 Å². The van der Waals surface area contributed by atoms with Crippen LogP contribution in [-0.2, 0) is 0 Å². The quantitative estimate of drug-likeness (QED) is 0.531. The first-order chi connectivity index (χ1) is 9.97. The van der Waals surface area contributed by atoms with Crippen molar-refractivity contribution in [2.24, 2.45) is 5.10 Å². The lowest BCUT2D eigenvalue weighted by Gasteiger charge is -2.01. The summed E-state index contributed by atoms with van der Waals surface area (Å²) in [6.07, 6.45) is 1.48. The van der Waals surface area contributed by atoms with Crippen LogP contribution in [-0.4, -0.2) is 17.0 Å². The third-order valence-corrected chi connectivity index (χ3v) is 3.77. The van der Waals surface area contributed by atoms with Crippen LogP contribution in [0.5, 0.6) is 0 Å². The van der Waals surface area contributed by atoms with E-state index in [-0.39, 0.29) is 5.69 Å². The number of carbonyl (C=O) groups is 1. The van der Waals surface area contributed by atoms with Crippen molar-refractivity contribution in [3.8, 4) is 0 Å². The first-order valence-corrected chi connectivity index (χ1v) is 7.00. The highest BCUT2D eigenvalue weighted by Gasteiger charge is 2.13. The van der Waals surface area contributed by atoms with Crippen LogP contribution in [0.25, 0.3) is 0 Å². The zero-order valence-electron chi connectivity index (χ0n) is 10.9. The second-order valence-electron chi connectivity index (χ2n) is 4.10. The molecule has 1 N–H and O–H groups in total. The fourth-order valence-electron chi connectivity index (χ4n) is 1.62. The van der Waals surface area contributed by atoms with Crippen LogP contribution in [0.3, 0.4) is 0 Å². The van der Waals surface area contributed by atoms with Crippen LogP contribution in [0.1, 0.15) is 20.8 Å². The van der Waals surface area contributed by atoms with Gasteiger partial charge in [0, 0.05) is 22.1 Å². The predicted molar refractivity (Wildman–Crippen MR) is 82.2 cm³/mol. The molecule has 0 unspecified atom stereocenters. The number of carbonyl (C=O) groups excluding carboxylic acids is 1. The second kappa shape index (κ2) is 6.47. The van der Waals surface area contributed by atoms with Gasteiger partial charge in [-0.15, -0.1) is 11.3 Å². The molecule has 0 fully saturated rings. The normalized spacial score (nSPS) is 10.8. The highest BCUT2D eigenvalue weighted by atomic mass is 35.5. The number of thiophene rings is 1. The van der Waals surface area contributed by atoms with E-state index in [2.05, 4.69) is 10.5 Å². The van der Waals surface area contributed by atoms with Gasteiger partial charge < -0.3 is 0 Å². The Hall–Kier alpha value is -2.25. The molecule has 1 aromatic carbocycles. The number of aryl methyl sites for hydroxylation is 1. The standard InChI is InChI=1S/C13H10ClN3O3S/c1-8-6-9(2-4-11(8)17(19)20)13(18)16-15-7-10-3-5-12(14)21-10/h2-7H,1H3,(H,16,18)/b15-7+. The van der Waals surface area contributed by atoms with Crippen LogP contribution in [0.15, 0.2) is 35.4 Å². The van der Waals surface area contributed by atoms with Gasteiger partial charge in [0.2, 0.25) is 0 Å². The molecule has 0 aliphatic carbocycles. The number of nitro groups is 1. The molecule has 0 radical (unpaired) electrons. The molecule has 2 aromatic rings. The van der Waals surface area contributed by atoms with Crippen LogP contribution in [0, 0.1) is 17.0 Å². The fourth-order valence-corrected chi connectivity index (χ4v) is 2.55. The van der Waals surface area contributed by atoms with E-state index in [1.165, 1.54) is 35.8 Å². The number of nitrogens with one attached hydrogen (secondary N) is 1. The number of halogens is 1. The third-order valence-electron chi connectivity index (χ3n) is 2.61. The van der Waals surface area contributed by atoms with Crippen molar-refractivity contribution in [2.75, 3.05) is 0 Å². The maximum atomic E-state index is 11.9. The molecule has 108 valence electrons. The Balaban J connectivity index is 2.05. The number of nitro benzene ring substituents is 1. The summed E-state index contributed by atoms with van der Waals surface area (Å²) >= 11 is 7.10. The number of amides is 1. The monoisotopic (exact) mass is 323 g/mol. The number of benzene rings is 1. The summed E-state index contributed by atoms with van der Waals surface area (Å²) in [7, 11) is 0. The first kappa shape index (κ1) is 15.1. The molecule has 0 aliphatic heterocycles. The number of nitrogens with zero attached hydrogens (tertiary/aromatic N) is 2. The minimum atomic E-state index is -0.490. The van der Waals surface area contributed by atoms with E-state index in [0.29, 0.717) is 15.5 Å². The average molecular weight is 324 g/mol. The lowest BCUT2D eigenvalue weighted by atomic mass is 10.1. The number of hydrogen-bond acceptors (Lipinski definition) is 5. The third kappa shape index (κ3) is 3.87. The lowest BCUT2D eigenvalue weighted by molar-refractivity contribution is -0.385. The highest BCUT2D eigenvalue weighted by molar-refractivity contribution is 7.17. The van der Waals surface area contributed by atoms with Gasteiger partial charge in [-0.2, -0.15) is 5.10 Å². The Morgan fingerprint density at radius 2 is 2.19 bits per heavy atom. The molecule has 0 saturated heterocycles.